The van der Waals surface area contributed by atoms with E-state index in [1.165, 1.54) is 13.0 Å². The topological polar surface area (TPSA) is 95.8 Å². The number of halogens is 1. The third-order valence-corrected chi connectivity index (χ3v) is 5.94. The van der Waals surface area contributed by atoms with Crippen molar-refractivity contribution in [2.75, 3.05) is 31.1 Å². The third-order valence-electron chi connectivity index (χ3n) is 5.22. The number of nitrogens with zero attached hydrogens (tertiary/aromatic N) is 3. The van der Waals surface area contributed by atoms with Crippen molar-refractivity contribution in [2.45, 2.75) is 19.9 Å². The minimum Gasteiger partial charge on any atom is -0.362 e. The number of rotatable bonds is 5. The van der Waals surface area contributed by atoms with E-state index in [0.717, 1.165) is 10.0 Å². The molecule has 2 aromatic rings. The van der Waals surface area contributed by atoms with Gasteiger partial charge in [0, 0.05) is 49.2 Å². The van der Waals surface area contributed by atoms with Crippen molar-refractivity contribution in [2.24, 2.45) is 0 Å². The summed E-state index contributed by atoms with van der Waals surface area (Å²) >= 11 is 3.47. The number of nitro groups is 1. The summed E-state index contributed by atoms with van der Waals surface area (Å²) in [5.74, 6) is -0.385. The standard InChI is InChI=1S/C21H23BrN4O4/c1-14(17-5-3-4-6-18(17)22)23-21(28)16-7-8-19(20(13-16)26(29)30)25-11-9-24(10-12-25)15(2)27/h3-8,13-14H,9-12H2,1-2H3,(H,23,28)/t14-/m1/s1. The number of piperazine rings is 1. The predicted octanol–water partition coefficient (Wildman–Crippen LogP) is 3.52. The van der Waals surface area contributed by atoms with Crippen LogP contribution in [0.2, 0.25) is 0 Å². The number of benzene rings is 2. The van der Waals surface area contributed by atoms with Crippen LogP contribution in [0.1, 0.15) is 35.8 Å². The molecule has 9 heteroatoms. The summed E-state index contributed by atoms with van der Waals surface area (Å²) in [5.41, 5.74) is 1.48. The summed E-state index contributed by atoms with van der Waals surface area (Å²) in [6, 6.07) is 11.8. The van der Waals surface area contributed by atoms with E-state index in [0.29, 0.717) is 31.9 Å². The highest BCUT2D eigenvalue weighted by Gasteiger charge is 2.26. The highest BCUT2D eigenvalue weighted by molar-refractivity contribution is 9.10. The van der Waals surface area contributed by atoms with E-state index >= 15 is 0 Å². The summed E-state index contributed by atoms with van der Waals surface area (Å²) in [5, 5.41) is 14.6. The lowest BCUT2D eigenvalue weighted by Crippen LogP contribution is -2.48. The van der Waals surface area contributed by atoms with Gasteiger partial charge in [-0.2, -0.15) is 0 Å². The highest BCUT2D eigenvalue weighted by Crippen LogP contribution is 2.30. The van der Waals surface area contributed by atoms with E-state index in [9.17, 15) is 19.7 Å². The fourth-order valence-electron chi connectivity index (χ4n) is 3.52. The molecule has 1 aliphatic heterocycles. The molecule has 2 aromatic carbocycles. The van der Waals surface area contributed by atoms with Crippen LogP contribution in [-0.4, -0.2) is 47.8 Å². The maximum absolute atomic E-state index is 12.7. The first-order valence-corrected chi connectivity index (χ1v) is 10.4. The second kappa shape index (κ2) is 9.25. The normalized spacial score (nSPS) is 14.9. The molecule has 3 rings (SSSR count). The molecule has 0 saturated carbocycles. The number of carbonyl (C=O) groups is 2. The molecule has 1 heterocycles. The van der Waals surface area contributed by atoms with Gasteiger partial charge in [0.2, 0.25) is 5.91 Å². The Bertz CT molecular complexity index is 973. The molecule has 158 valence electrons. The van der Waals surface area contributed by atoms with Crippen molar-refractivity contribution in [3.8, 4) is 0 Å². The monoisotopic (exact) mass is 474 g/mol. The quantitative estimate of drug-likeness (QED) is 0.528. The Kier molecular flexibility index (Phi) is 6.71. The molecule has 1 fully saturated rings. The molecular formula is C21H23BrN4O4. The first kappa shape index (κ1) is 21.8. The zero-order valence-corrected chi connectivity index (χ0v) is 18.4. The maximum Gasteiger partial charge on any atom is 0.293 e. The summed E-state index contributed by atoms with van der Waals surface area (Å²) in [7, 11) is 0. The van der Waals surface area contributed by atoms with Crippen LogP contribution in [0.25, 0.3) is 0 Å². The molecule has 1 saturated heterocycles. The SMILES string of the molecule is CC(=O)N1CCN(c2ccc(C(=O)N[C@H](C)c3ccccc3Br)cc2[N+](=O)[O-])CC1. The van der Waals surface area contributed by atoms with Crippen LogP contribution in [0.4, 0.5) is 11.4 Å². The Morgan fingerprint density at radius 1 is 1.13 bits per heavy atom. The second-order valence-electron chi connectivity index (χ2n) is 7.17. The summed E-state index contributed by atoms with van der Waals surface area (Å²) < 4.78 is 0.879. The van der Waals surface area contributed by atoms with Gasteiger partial charge in [-0.1, -0.05) is 34.1 Å². The number of hydrogen-bond donors (Lipinski definition) is 1. The predicted molar refractivity (Wildman–Crippen MR) is 118 cm³/mol. The first-order valence-electron chi connectivity index (χ1n) is 9.62. The number of amides is 2. The summed E-state index contributed by atoms with van der Waals surface area (Å²) in [6.07, 6.45) is 0. The van der Waals surface area contributed by atoms with Gasteiger partial charge in [-0.15, -0.1) is 0 Å². The van der Waals surface area contributed by atoms with Crippen molar-refractivity contribution in [3.63, 3.8) is 0 Å². The number of carbonyl (C=O) groups excluding carboxylic acids is 2. The molecule has 8 nitrogen and oxygen atoms in total. The van der Waals surface area contributed by atoms with Crippen LogP contribution in [0, 0.1) is 10.1 Å². The van der Waals surface area contributed by atoms with Gasteiger partial charge in [-0.3, -0.25) is 19.7 Å². The Morgan fingerprint density at radius 2 is 1.80 bits per heavy atom. The average molecular weight is 475 g/mol. The van der Waals surface area contributed by atoms with Crippen molar-refractivity contribution in [1.29, 1.82) is 0 Å². The van der Waals surface area contributed by atoms with Gasteiger partial charge in [0.15, 0.2) is 0 Å². The molecule has 0 unspecified atom stereocenters. The summed E-state index contributed by atoms with van der Waals surface area (Å²) in [4.78, 5) is 39.0. The van der Waals surface area contributed by atoms with Crippen molar-refractivity contribution in [3.05, 3.63) is 68.2 Å². The van der Waals surface area contributed by atoms with Crippen molar-refractivity contribution in [1.82, 2.24) is 10.2 Å². The Balaban J connectivity index is 1.78. The lowest BCUT2D eigenvalue weighted by atomic mass is 10.1. The van der Waals surface area contributed by atoms with E-state index < -0.39 is 4.92 Å². The zero-order valence-electron chi connectivity index (χ0n) is 16.8. The largest absolute Gasteiger partial charge is 0.362 e. The van der Waals surface area contributed by atoms with Gasteiger partial charge in [-0.05, 0) is 30.7 Å². The van der Waals surface area contributed by atoms with Gasteiger partial charge in [0.05, 0.1) is 11.0 Å². The van der Waals surface area contributed by atoms with Crippen molar-refractivity contribution < 1.29 is 14.5 Å². The molecule has 2 amide bonds. The van der Waals surface area contributed by atoms with E-state index in [1.54, 1.807) is 17.0 Å². The van der Waals surface area contributed by atoms with Gasteiger partial charge in [0.1, 0.15) is 5.69 Å². The molecular weight excluding hydrogens is 452 g/mol. The van der Waals surface area contributed by atoms with Gasteiger partial charge in [-0.25, -0.2) is 0 Å². The smallest absolute Gasteiger partial charge is 0.293 e. The Morgan fingerprint density at radius 3 is 2.40 bits per heavy atom. The Hall–Kier alpha value is -2.94. The number of nitrogens with one attached hydrogen (secondary N) is 1. The molecule has 0 aromatic heterocycles. The third kappa shape index (κ3) is 4.79. The van der Waals surface area contributed by atoms with Crippen LogP contribution in [0.5, 0.6) is 0 Å². The zero-order chi connectivity index (χ0) is 21.8. The van der Waals surface area contributed by atoms with Gasteiger partial charge < -0.3 is 15.1 Å². The van der Waals surface area contributed by atoms with E-state index in [2.05, 4.69) is 21.2 Å². The van der Waals surface area contributed by atoms with Crippen molar-refractivity contribution >= 4 is 39.1 Å². The van der Waals surface area contributed by atoms with Gasteiger partial charge in [0.25, 0.3) is 11.6 Å². The molecule has 0 bridgehead atoms. The Labute approximate surface area is 183 Å². The van der Waals surface area contributed by atoms with Crippen LogP contribution in [0.15, 0.2) is 46.9 Å². The molecule has 1 atom stereocenters. The van der Waals surface area contributed by atoms with Gasteiger partial charge >= 0.3 is 0 Å². The van der Waals surface area contributed by atoms with Crippen LogP contribution >= 0.6 is 15.9 Å². The minimum atomic E-state index is -0.472. The highest BCUT2D eigenvalue weighted by atomic mass is 79.9. The average Bonchev–Trinajstić information content (AvgIpc) is 2.73. The number of hydrogen-bond acceptors (Lipinski definition) is 5. The molecule has 0 spiro atoms. The molecule has 30 heavy (non-hydrogen) atoms. The first-order chi connectivity index (χ1) is 14.3. The lowest BCUT2D eigenvalue weighted by Gasteiger charge is -2.35. The molecule has 0 radical (unpaired) electrons. The second-order valence-corrected chi connectivity index (χ2v) is 8.02. The van der Waals surface area contributed by atoms with Crippen LogP contribution < -0.4 is 10.2 Å². The molecule has 0 aliphatic carbocycles. The van der Waals surface area contributed by atoms with E-state index in [4.69, 9.17) is 0 Å². The fraction of sp³-hybridized carbons (Fsp3) is 0.333. The number of anilines is 1. The lowest BCUT2D eigenvalue weighted by molar-refractivity contribution is -0.384. The minimum absolute atomic E-state index is 0.00431. The summed E-state index contributed by atoms with van der Waals surface area (Å²) in [6.45, 7) is 5.40. The van der Waals surface area contributed by atoms with Crippen LogP contribution in [0.3, 0.4) is 0 Å². The molecule has 1 aliphatic rings. The maximum atomic E-state index is 12.7. The van der Waals surface area contributed by atoms with Crippen LogP contribution in [-0.2, 0) is 4.79 Å². The number of nitro benzene ring substituents is 1. The van der Waals surface area contributed by atoms with E-state index in [-0.39, 0.29) is 29.1 Å². The fourth-order valence-corrected chi connectivity index (χ4v) is 4.15. The molecule has 1 N–H and O–H groups in total. The van der Waals surface area contributed by atoms with E-state index in [1.807, 2.05) is 36.1 Å².